The van der Waals surface area contributed by atoms with Gasteiger partial charge in [0.05, 0.1) is 23.1 Å². The highest BCUT2D eigenvalue weighted by atomic mass is 32.1. The summed E-state index contributed by atoms with van der Waals surface area (Å²) in [7, 11) is 0. The van der Waals surface area contributed by atoms with Gasteiger partial charge in [-0.1, -0.05) is 24.3 Å². The van der Waals surface area contributed by atoms with Crippen LogP contribution in [-0.2, 0) is 6.54 Å². The lowest BCUT2D eigenvalue weighted by Crippen LogP contribution is -2.21. The first kappa shape index (κ1) is 19.9. The van der Waals surface area contributed by atoms with Crippen LogP contribution in [0.1, 0.15) is 26.4 Å². The number of anilines is 1. The molecule has 0 fully saturated rings. The third-order valence-corrected chi connectivity index (χ3v) is 6.05. The first-order valence-electron chi connectivity index (χ1n) is 9.14. The average Bonchev–Trinajstić information content (AvgIpc) is 3.06. The minimum Gasteiger partial charge on any atom is -0.321 e. The van der Waals surface area contributed by atoms with Gasteiger partial charge in [-0.3, -0.25) is 14.2 Å². The molecule has 0 bridgehead atoms. The molecule has 152 valence electrons. The molecule has 0 aliphatic rings. The molecule has 0 saturated heterocycles. The summed E-state index contributed by atoms with van der Waals surface area (Å²) in [6.07, 6.45) is 1.35. The summed E-state index contributed by atoms with van der Waals surface area (Å²) < 4.78 is 29.0. The largest absolute Gasteiger partial charge is 0.321 e. The van der Waals surface area contributed by atoms with Crippen molar-refractivity contribution < 1.29 is 13.6 Å². The number of halogens is 2. The maximum absolute atomic E-state index is 14.0. The smallest absolute Gasteiger partial charge is 0.266 e. The van der Waals surface area contributed by atoms with E-state index in [-0.39, 0.29) is 12.1 Å². The second kappa shape index (κ2) is 7.79. The molecular weight excluding hydrogens is 408 g/mol. The Kier molecular flexibility index (Phi) is 5.17. The topological polar surface area (TPSA) is 64.0 Å². The Morgan fingerprint density at radius 1 is 1.13 bits per heavy atom. The van der Waals surface area contributed by atoms with Crippen molar-refractivity contribution in [2.75, 3.05) is 5.32 Å². The number of nitrogens with zero attached hydrogens (tertiary/aromatic N) is 2. The number of hydrogen-bond acceptors (Lipinski definition) is 4. The molecule has 4 aromatic rings. The third-order valence-electron chi connectivity index (χ3n) is 4.85. The fourth-order valence-corrected chi connectivity index (χ4v) is 4.19. The molecule has 30 heavy (non-hydrogen) atoms. The third kappa shape index (κ3) is 3.61. The molecule has 0 aliphatic heterocycles. The van der Waals surface area contributed by atoms with Crippen LogP contribution in [0, 0.1) is 25.5 Å². The highest BCUT2D eigenvalue weighted by Crippen LogP contribution is 2.28. The average molecular weight is 425 g/mol. The van der Waals surface area contributed by atoms with E-state index in [1.807, 2.05) is 0 Å². The zero-order valence-electron chi connectivity index (χ0n) is 16.2. The number of aryl methyl sites for hydroxylation is 2. The van der Waals surface area contributed by atoms with Crippen LogP contribution in [-0.4, -0.2) is 15.5 Å². The van der Waals surface area contributed by atoms with Gasteiger partial charge in [-0.15, -0.1) is 11.3 Å². The molecule has 0 saturated carbocycles. The normalized spacial score (nSPS) is 11.1. The number of thiophene rings is 1. The predicted molar refractivity (Wildman–Crippen MR) is 113 cm³/mol. The number of nitrogens with one attached hydrogen (secondary N) is 1. The molecule has 0 aliphatic carbocycles. The number of hydrogen-bond donors (Lipinski definition) is 1. The van der Waals surface area contributed by atoms with E-state index in [2.05, 4.69) is 10.3 Å². The van der Waals surface area contributed by atoms with Crippen molar-refractivity contribution in [3.8, 4) is 0 Å². The summed E-state index contributed by atoms with van der Waals surface area (Å²) in [6, 6.07) is 10.6. The first-order chi connectivity index (χ1) is 14.3. The van der Waals surface area contributed by atoms with Gasteiger partial charge in [-0.05, 0) is 43.2 Å². The summed E-state index contributed by atoms with van der Waals surface area (Å²) >= 11 is 1.09. The number of carbonyl (C=O) groups excluding carboxylic acids is 1. The molecule has 0 radical (unpaired) electrons. The van der Waals surface area contributed by atoms with E-state index < -0.39 is 17.5 Å². The maximum atomic E-state index is 14.0. The zero-order chi connectivity index (χ0) is 21.4. The molecule has 0 spiro atoms. The standard InChI is InChI=1S/C22H17F2N3O2S/c1-12-7-8-15(9-17(12)24)26-20(28)19-13(2)18-21(30-19)25-11-27(22(18)29)10-14-5-3-4-6-16(14)23/h3-9,11H,10H2,1-2H3,(H,26,28). The number of fused-ring (bicyclic) bond motifs is 1. The van der Waals surface area contributed by atoms with Gasteiger partial charge in [-0.2, -0.15) is 0 Å². The van der Waals surface area contributed by atoms with Crippen LogP contribution >= 0.6 is 11.3 Å². The molecule has 2 heterocycles. The summed E-state index contributed by atoms with van der Waals surface area (Å²) in [5, 5.41) is 2.97. The van der Waals surface area contributed by atoms with Crippen LogP contribution in [0.25, 0.3) is 10.2 Å². The van der Waals surface area contributed by atoms with Crippen molar-refractivity contribution in [1.82, 2.24) is 9.55 Å². The van der Waals surface area contributed by atoms with Crippen LogP contribution in [0.2, 0.25) is 0 Å². The number of aromatic nitrogens is 2. The molecule has 2 aromatic carbocycles. The van der Waals surface area contributed by atoms with Gasteiger partial charge in [-0.25, -0.2) is 13.8 Å². The Labute approximate surface area is 174 Å². The number of rotatable bonds is 4. The monoisotopic (exact) mass is 425 g/mol. The minimum absolute atomic E-state index is 0.0356. The van der Waals surface area contributed by atoms with E-state index in [0.717, 1.165) is 11.3 Å². The number of carbonyl (C=O) groups is 1. The van der Waals surface area contributed by atoms with Crippen molar-refractivity contribution >= 4 is 33.1 Å². The van der Waals surface area contributed by atoms with Gasteiger partial charge in [0.1, 0.15) is 16.5 Å². The second-order valence-corrected chi connectivity index (χ2v) is 7.92. The van der Waals surface area contributed by atoms with Gasteiger partial charge in [0, 0.05) is 11.3 Å². The van der Waals surface area contributed by atoms with Crippen molar-refractivity contribution in [2.24, 2.45) is 0 Å². The summed E-state index contributed by atoms with van der Waals surface area (Å²) in [5.74, 6) is -1.27. The highest BCUT2D eigenvalue weighted by Gasteiger charge is 2.20. The Hall–Kier alpha value is -3.39. The lowest BCUT2D eigenvalue weighted by molar-refractivity contribution is 0.103. The van der Waals surface area contributed by atoms with Gasteiger partial charge in [0.25, 0.3) is 11.5 Å². The fourth-order valence-electron chi connectivity index (χ4n) is 3.16. The van der Waals surface area contributed by atoms with Crippen molar-refractivity contribution in [3.05, 3.63) is 92.3 Å². The van der Waals surface area contributed by atoms with Gasteiger partial charge < -0.3 is 5.32 Å². The predicted octanol–water partition coefficient (Wildman–Crippen LogP) is 4.65. The van der Waals surface area contributed by atoms with E-state index in [9.17, 15) is 18.4 Å². The van der Waals surface area contributed by atoms with Crippen LogP contribution in [0.3, 0.4) is 0 Å². The van der Waals surface area contributed by atoms with Crippen LogP contribution < -0.4 is 10.9 Å². The summed E-state index contributed by atoms with van der Waals surface area (Å²) in [5.41, 5.74) is 1.31. The Morgan fingerprint density at radius 2 is 1.90 bits per heavy atom. The Bertz CT molecular complexity index is 1340. The minimum atomic E-state index is -0.446. The van der Waals surface area contributed by atoms with Gasteiger partial charge in [0.2, 0.25) is 0 Å². The van der Waals surface area contributed by atoms with Crippen molar-refractivity contribution in [1.29, 1.82) is 0 Å². The fraction of sp³-hybridized carbons (Fsp3) is 0.136. The van der Waals surface area contributed by atoms with E-state index in [1.165, 1.54) is 23.0 Å². The van der Waals surface area contributed by atoms with E-state index in [4.69, 9.17) is 0 Å². The van der Waals surface area contributed by atoms with Crippen LogP contribution in [0.5, 0.6) is 0 Å². The Balaban J connectivity index is 1.69. The van der Waals surface area contributed by atoms with Crippen molar-refractivity contribution in [3.63, 3.8) is 0 Å². The molecule has 2 aromatic heterocycles. The quantitative estimate of drug-likeness (QED) is 0.518. The number of benzene rings is 2. The molecule has 4 rings (SSSR count). The SMILES string of the molecule is Cc1ccc(NC(=O)c2sc3ncn(Cc4ccccc4F)c(=O)c3c2C)cc1F. The maximum Gasteiger partial charge on any atom is 0.266 e. The molecule has 1 N–H and O–H groups in total. The van der Waals surface area contributed by atoms with E-state index >= 15 is 0 Å². The second-order valence-electron chi connectivity index (χ2n) is 6.92. The molecule has 0 atom stereocenters. The van der Waals surface area contributed by atoms with Crippen LogP contribution in [0.4, 0.5) is 14.5 Å². The van der Waals surface area contributed by atoms with Gasteiger partial charge >= 0.3 is 0 Å². The molecule has 1 amide bonds. The Morgan fingerprint density at radius 3 is 2.63 bits per heavy atom. The molecular formula is C22H17F2N3O2S. The number of amides is 1. The van der Waals surface area contributed by atoms with Crippen molar-refractivity contribution in [2.45, 2.75) is 20.4 Å². The molecule has 5 nitrogen and oxygen atoms in total. The first-order valence-corrected chi connectivity index (χ1v) is 9.96. The lowest BCUT2D eigenvalue weighted by atomic mass is 10.2. The molecule has 0 unspecified atom stereocenters. The highest BCUT2D eigenvalue weighted by molar-refractivity contribution is 7.20. The summed E-state index contributed by atoms with van der Waals surface area (Å²) in [4.78, 5) is 30.7. The van der Waals surface area contributed by atoms with Crippen LogP contribution in [0.15, 0.2) is 53.6 Å². The summed E-state index contributed by atoms with van der Waals surface area (Å²) in [6.45, 7) is 3.34. The van der Waals surface area contributed by atoms with E-state index in [1.54, 1.807) is 44.2 Å². The lowest BCUT2D eigenvalue weighted by Gasteiger charge is -2.07. The zero-order valence-corrected chi connectivity index (χ0v) is 17.0. The van der Waals surface area contributed by atoms with E-state index in [0.29, 0.717) is 37.5 Å². The molecule has 8 heteroatoms. The van der Waals surface area contributed by atoms with Gasteiger partial charge in [0.15, 0.2) is 0 Å².